The van der Waals surface area contributed by atoms with Gasteiger partial charge in [-0.1, -0.05) is 23.7 Å². The molecule has 5 nitrogen and oxygen atoms in total. The second kappa shape index (κ2) is 6.55. The molecule has 0 aliphatic carbocycles. The fourth-order valence-corrected chi connectivity index (χ4v) is 4.24. The van der Waals surface area contributed by atoms with E-state index in [0.29, 0.717) is 5.02 Å². The van der Waals surface area contributed by atoms with E-state index in [0.717, 1.165) is 39.9 Å². The van der Waals surface area contributed by atoms with Crippen LogP contribution in [0, 0.1) is 0 Å². The first-order chi connectivity index (χ1) is 13.2. The lowest BCUT2D eigenvalue weighted by Gasteiger charge is -2.22. The fraction of sp³-hybridized carbons (Fsp3) is 0.200. The monoisotopic (exact) mass is 397 g/mol. The molecule has 0 N–H and O–H groups in total. The van der Waals surface area contributed by atoms with E-state index in [2.05, 4.69) is 18.0 Å². The number of anilines is 1. The van der Waals surface area contributed by atoms with Gasteiger partial charge in [-0.05, 0) is 43.2 Å². The number of hydrogen-bond acceptors (Lipinski definition) is 6. The molecule has 0 spiro atoms. The maximum Gasteiger partial charge on any atom is 0.231 e. The van der Waals surface area contributed by atoms with Crippen molar-refractivity contribution in [3.05, 3.63) is 69.7 Å². The van der Waals surface area contributed by atoms with Crippen molar-refractivity contribution in [1.29, 1.82) is 0 Å². The fourth-order valence-electron chi connectivity index (χ4n) is 3.42. The summed E-state index contributed by atoms with van der Waals surface area (Å²) >= 11 is 7.68. The molecule has 2 aliphatic heterocycles. The van der Waals surface area contributed by atoms with Crippen LogP contribution in [0.5, 0.6) is 11.5 Å². The van der Waals surface area contributed by atoms with Gasteiger partial charge in [0.25, 0.3) is 0 Å². The van der Waals surface area contributed by atoms with Crippen LogP contribution in [0.3, 0.4) is 0 Å². The van der Waals surface area contributed by atoms with Crippen molar-refractivity contribution in [2.45, 2.75) is 19.4 Å². The standard InChI is InChI=1S/C20H16ClN3O2S/c1-12-8-14-9-17-18(26-11-25-17)10-16(14)19(13-2-4-15(21)5-3-13)23-24(12)20-22-6-7-27-20/h2-7,9-10,12H,8,11H2,1H3/t12-/m1/s1. The first-order valence-corrected chi connectivity index (χ1v) is 9.91. The Morgan fingerprint density at radius 2 is 1.93 bits per heavy atom. The number of ether oxygens (including phenoxy) is 2. The van der Waals surface area contributed by atoms with E-state index in [9.17, 15) is 0 Å². The summed E-state index contributed by atoms with van der Waals surface area (Å²) in [5.74, 6) is 1.55. The highest BCUT2D eigenvalue weighted by atomic mass is 35.5. The molecular formula is C20H16ClN3O2S. The van der Waals surface area contributed by atoms with E-state index in [4.69, 9.17) is 26.2 Å². The third-order valence-corrected chi connectivity index (χ3v) is 5.74. The van der Waals surface area contributed by atoms with E-state index in [1.165, 1.54) is 5.56 Å². The molecule has 1 atom stereocenters. The molecule has 5 rings (SSSR count). The maximum absolute atomic E-state index is 6.10. The number of aromatic nitrogens is 1. The Morgan fingerprint density at radius 3 is 2.67 bits per heavy atom. The van der Waals surface area contributed by atoms with Gasteiger partial charge in [-0.15, -0.1) is 11.3 Å². The van der Waals surface area contributed by atoms with Crippen molar-refractivity contribution in [2.24, 2.45) is 5.10 Å². The highest BCUT2D eigenvalue weighted by Gasteiger charge is 2.28. The van der Waals surface area contributed by atoms with Crippen molar-refractivity contribution in [3.63, 3.8) is 0 Å². The summed E-state index contributed by atoms with van der Waals surface area (Å²) in [6, 6.07) is 12.0. The largest absolute Gasteiger partial charge is 0.454 e. The number of rotatable bonds is 2. The molecule has 3 aromatic rings. The Hall–Kier alpha value is -2.57. The quantitative estimate of drug-likeness (QED) is 0.627. The lowest BCUT2D eigenvalue weighted by molar-refractivity contribution is 0.174. The number of halogens is 1. The summed E-state index contributed by atoms with van der Waals surface area (Å²) in [5.41, 5.74) is 4.10. The molecule has 0 radical (unpaired) electrons. The molecule has 7 heteroatoms. The molecule has 0 amide bonds. The predicted molar refractivity (Wildman–Crippen MR) is 107 cm³/mol. The van der Waals surface area contributed by atoms with Gasteiger partial charge in [0.1, 0.15) is 0 Å². The molecular weight excluding hydrogens is 382 g/mol. The summed E-state index contributed by atoms with van der Waals surface area (Å²) in [4.78, 5) is 4.47. The molecule has 0 fully saturated rings. The number of hydrazone groups is 1. The van der Waals surface area contributed by atoms with Crippen LogP contribution in [0.1, 0.15) is 23.6 Å². The number of benzene rings is 2. The molecule has 1 aromatic heterocycles. The average molecular weight is 398 g/mol. The SMILES string of the molecule is C[C@@H]1Cc2cc3c(cc2C(c2ccc(Cl)cc2)=NN1c1nccs1)OCO3. The first-order valence-electron chi connectivity index (χ1n) is 8.65. The van der Waals surface area contributed by atoms with Crippen molar-refractivity contribution in [3.8, 4) is 11.5 Å². The minimum atomic E-state index is 0.153. The lowest BCUT2D eigenvalue weighted by Crippen LogP contribution is -2.29. The molecule has 136 valence electrons. The number of fused-ring (bicyclic) bond motifs is 2. The van der Waals surface area contributed by atoms with Crippen LogP contribution in [0.25, 0.3) is 0 Å². The number of thiazole rings is 1. The Labute approximate surface area is 165 Å². The zero-order chi connectivity index (χ0) is 18.4. The predicted octanol–water partition coefficient (Wildman–Crippen LogP) is 4.73. The Morgan fingerprint density at radius 1 is 1.15 bits per heavy atom. The summed E-state index contributed by atoms with van der Waals surface area (Å²) in [6.45, 7) is 2.41. The minimum absolute atomic E-state index is 0.153. The summed E-state index contributed by atoms with van der Waals surface area (Å²) < 4.78 is 11.2. The van der Waals surface area contributed by atoms with Gasteiger partial charge < -0.3 is 9.47 Å². The van der Waals surface area contributed by atoms with Crippen LogP contribution in [0.15, 0.2) is 53.1 Å². The lowest BCUT2D eigenvalue weighted by atomic mass is 9.94. The van der Waals surface area contributed by atoms with Gasteiger partial charge in [-0.3, -0.25) is 0 Å². The molecule has 0 bridgehead atoms. The second-order valence-corrected chi connectivity index (χ2v) is 7.84. The second-order valence-electron chi connectivity index (χ2n) is 6.53. The molecule has 0 unspecified atom stereocenters. The van der Waals surface area contributed by atoms with Gasteiger partial charge >= 0.3 is 0 Å². The van der Waals surface area contributed by atoms with Gasteiger partial charge in [0.05, 0.1) is 11.8 Å². The van der Waals surface area contributed by atoms with Gasteiger partial charge in [-0.2, -0.15) is 5.10 Å². The van der Waals surface area contributed by atoms with E-state index in [1.54, 1.807) is 17.5 Å². The van der Waals surface area contributed by atoms with Gasteiger partial charge in [-0.25, -0.2) is 9.99 Å². The van der Waals surface area contributed by atoms with Gasteiger partial charge in [0, 0.05) is 27.7 Å². The van der Waals surface area contributed by atoms with E-state index in [1.807, 2.05) is 40.7 Å². The highest BCUT2D eigenvalue weighted by Crippen LogP contribution is 2.38. The third-order valence-electron chi connectivity index (χ3n) is 4.73. The normalized spacial score (nSPS) is 18.1. The molecule has 2 aliphatic rings. The molecule has 2 aromatic carbocycles. The summed E-state index contributed by atoms with van der Waals surface area (Å²) in [5, 5.41) is 10.6. The number of hydrogen-bond donors (Lipinski definition) is 0. The van der Waals surface area contributed by atoms with Gasteiger partial charge in [0.2, 0.25) is 11.9 Å². The maximum atomic E-state index is 6.10. The molecule has 3 heterocycles. The average Bonchev–Trinajstić information content (AvgIpc) is 3.32. The number of nitrogens with zero attached hydrogens (tertiary/aromatic N) is 3. The van der Waals surface area contributed by atoms with Crippen molar-refractivity contribution >= 4 is 33.8 Å². The molecule has 27 heavy (non-hydrogen) atoms. The van der Waals surface area contributed by atoms with Gasteiger partial charge in [0.15, 0.2) is 11.5 Å². The van der Waals surface area contributed by atoms with Crippen LogP contribution in [-0.2, 0) is 6.42 Å². The highest BCUT2D eigenvalue weighted by molar-refractivity contribution is 7.13. The van der Waals surface area contributed by atoms with Crippen LogP contribution in [-0.4, -0.2) is 23.5 Å². The van der Waals surface area contributed by atoms with Crippen LogP contribution < -0.4 is 14.5 Å². The zero-order valence-electron chi connectivity index (χ0n) is 14.6. The van der Waals surface area contributed by atoms with Crippen molar-refractivity contribution < 1.29 is 9.47 Å². The Bertz CT molecular complexity index is 1020. The van der Waals surface area contributed by atoms with Crippen LogP contribution >= 0.6 is 22.9 Å². The van der Waals surface area contributed by atoms with E-state index >= 15 is 0 Å². The van der Waals surface area contributed by atoms with Crippen LogP contribution in [0.4, 0.5) is 5.13 Å². The Balaban J connectivity index is 1.71. The third kappa shape index (κ3) is 2.95. The molecule has 0 saturated carbocycles. The molecule has 0 saturated heterocycles. The van der Waals surface area contributed by atoms with Crippen molar-refractivity contribution in [1.82, 2.24) is 4.98 Å². The topological polar surface area (TPSA) is 47.0 Å². The first kappa shape index (κ1) is 16.6. The Kier molecular flexibility index (Phi) is 4.02. The van der Waals surface area contributed by atoms with Crippen LogP contribution in [0.2, 0.25) is 5.02 Å². The smallest absolute Gasteiger partial charge is 0.231 e. The minimum Gasteiger partial charge on any atom is -0.454 e. The van der Waals surface area contributed by atoms with E-state index < -0.39 is 0 Å². The van der Waals surface area contributed by atoms with E-state index in [-0.39, 0.29) is 12.8 Å². The van der Waals surface area contributed by atoms with Crippen molar-refractivity contribution in [2.75, 3.05) is 11.8 Å². The summed E-state index contributed by atoms with van der Waals surface area (Å²) in [7, 11) is 0. The zero-order valence-corrected chi connectivity index (χ0v) is 16.1. The summed E-state index contributed by atoms with van der Waals surface area (Å²) in [6.07, 6.45) is 2.63.